The Labute approximate surface area is 113 Å². The summed E-state index contributed by atoms with van der Waals surface area (Å²) in [4.78, 5) is 0. The second kappa shape index (κ2) is 10.4. The number of unbranched alkanes of at least 4 members (excludes halogenated alkanes) is 4. The molecule has 0 amide bonds. The average Bonchev–Trinajstić information content (AvgIpc) is 2.35. The second-order valence-corrected chi connectivity index (χ2v) is 6.43. The minimum absolute atomic E-state index is 0.601. The fourth-order valence-corrected chi connectivity index (χ4v) is 3.96. The SMILES string of the molecule is CCCCCCCC(P)C(CC)(CC)CCC. The molecule has 2 atom stereocenters. The molecule has 0 aromatic carbocycles. The van der Waals surface area contributed by atoms with Crippen molar-refractivity contribution in [3.8, 4) is 0 Å². The molecule has 0 rings (SSSR count). The Morgan fingerprint density at radius 3 is 1.88 bits per heavy atom. The van der Waals surface area contributed by atoms with Gasteiger partial charge in [-0.2, -0.15) is 0 Å². The Morgan fingerprint density at radius 2 is 1.41 bits per heavy atom. The molecule has 0 heterocycles. The van der Waals surface area contributed by atoms with Gasteiger partial charge in [0.05, 0.1) is 0 Å². The topological polar surface area (TPSA) is 0 Å². The number of hydrogen-bond acceptors (Lipinski definition) is 0. The fraction of sp³-hybridized carbons (Fsp3) is 1.00. The largest absolute Gasteiger partial charge is 0.134 e. The van der Waals surface area contributed by atoms with Gasteiger partial charge in [-0.25, -0.2) is 0 Å². The molecule has 2 unspecified atom stereocenters. The highest BCUT2D eigenvalue weighted by atomic mass is 31.0. The van der Waals surface area contributed by atoms with E-state index in [0.29, 0.717) is 5.41 Å². The van der Waals surface area contributed by atoms with Gasteiger partial charge in [0.25, 0.3) is 0 Å². The Balaban J connectivity index is 4.01. The van der Waals surface area contributed by atoms with Crippen LogP contribution in [0.15, 0.2) is 0 Å². The lowest BCUT2D eigenvalue weighted by molar-refractivity contribution is 0.218. The van der Waals surface area contributed by atoms with Crippen molar-refractivity contribution in [2.45, 2.75) is 97.6 Å². The quantitative estimate of drug-likeness (QED) is 0.306. The molecule has 0 saturated heterocycles. The summed E-state index contributed by atoms with van der Waals surface area (Å²) in [5.41, 5.74) is 1.43. The summed E-state index contributed by atoms with van der Waals surface area (Å²) in [5, 5.41) is 0. The van der Waals surface area contributed by atoms with Crippen molar-refractivity contribution in [3.63, 3.8) is 0 Å². The highest BCUT2D eigenvalue weighted by Gasteiger charge is 2.31. The van der Waals surface area contributed by atoms with E-state index in [2.05, 4.69) is 36.9 Å². The van der Waals surface area contributed by atoms with Crippen molar-refractivity contribution < 1.29 is 0 Å². The van der Waals surface area contributed by atoms with Gasteiger partial charge >= 0.3 is 0 Å². The summed E-state index contributed by atoms with van der Waals surface area (Å²) >= 11 is 0. The van der Waals surface area contributed by atoms with Crippen molar-refractivity contribution in [3.05, 3.63) is 0 Å². The Bertz CT molecular complexity index is 161. The Morgan fingerprint density at radius 1 is 0.824 bits per heavy atom. The molecule has 104 valence electrons. The number of rotatable bonds is 11. The molecule has 0 spiro atoms. The van der Waals surface area contributed by atoms with Crippen molar-refractivity contribution >= 4 is 9.24 Å². The van der Waals surface area contributed by atoms with Crippen LogP contribution in [0, 0.1) is 5.41 Å². The summed E-state index contributed by atoms with van der Waals surface area (Å²) in [7, 11) is 3.16. The van der Waals surface area contributed by atoms with Crippen LogP contribution in [-0.4, -0.2) is 5.66 Å². The molecule has 17 heavy (non-hydrogen) atoms. The summed E-state index contributed by atoms with van der Waals surface area (Å²) < 4.78 is 0. The first-order chi connectivity index (χ1) is 8.16. The minimum atomic E-state index is 0.601. The average molecular weight is 258 g/mol. The highest BCUT2D eigenvalue weighted by Crippen LogP contribution is 2.42. The molecule has 0 saturated carbocycles. The zero-order valence-electron chi connectivity index (χ0n) is 12.7. The van der Waals surface area contributed by atoms with Crippen LogP contribution in [0.4, 0.5) is 0 Å². The molecule has 0 aliphatic carbocycles. The Kier molecular flexibility index (Phi) is 10.6. The van der Waals surface area contributed by atoms with Gasteiger partial charge < -0.3 is 0 Å². The first kappa shape index (κ1) is 17.4. The molecule has 0 aliphatic heterocycles. The molecule has 0 aromatic rings. The predicted molar refractivity (Wildman–Crippen MR) is 84.8 cm³/mol. The standard InChI is InChI=1S/C16H35P/c1-5-9-10-11-12-13-15(17)16(7-3,8-4)14-6-2/h15H,5-14,17H2,1-4H3. The molecule has 0 bridgehead atoms. The van der Waals surface area contributed by atoms with Gasteiger partial charge in [-0.05, 0) is 36.8 Å². The van der Waals surface area contributed by atoms with E-state index in [4.69, 9.17) is 0 Å². The van der Waals surface area contributed by atoms with Gasteiger partial charge in [0.1, 0.15) is 0 Å². The second-order valence-electron chi connectivity index (χ2n) is 5.63. The van der Waals surface area contributed by atoms with E-state index in [1.165, 1.54) is 64.2 Å². The minimum Gasteiger partial charge on any atom is -0.134 e. The molecule has 0 fully saturated rings. The lowest BCUT2D eigenvalue weighted by Crippen LogP contribution is -2.29. The lowest BCUT2D eigenvalue weighted by atomic mass is 9.74. The van der Waals surface area contributed by atoms with E-state index in [9.17, 15) is 0 Å². The molecule has 1 heteroatoms. The number of hydrogen-bond donors (Lipinski definition) is 0. The smallest absolute Gasteiger partial charge is 0.0208 e. The molecular formula is C16H35P. The predicted octanol–water partition coefficient (Wildman–Crippen LogP) is 6.20. The van der Waals surface area contributed by atoms with Crippen LogP contribution in [-0.2, 0) is 0 Å². The highest BCUT2D eigenvalue weighted by molar-refractivity contribution is 7.17. The molecular weight excluding hydrogens is 223 g/mol. The van der Waals surface area contributed by atoms with E-state index in [0.717, 1.165) is 5.66 Å². The summed E-state index contributed by atoms with van der Waals surface area (Å²) in [6.45, 7) is 9.39. The molecule has 0 nitrogen and oxygen atoms in total. The zero-order chi connectivity index (χ0) is 13.1. The van der Waals surface area contributed by atoms with Crippen LogP contribution >= 0.6 is 9.24 Å². The monoisotopic (exact) mass is 258 g/mol. The fourth-order valence-electron chi connectivity index (χ4n) is 3.09. The molecule has 0 N–H and O–H groups in total. The lowest BCUT2D eigenvalue weighted by Gasteiger charge is -2.38. The maximum absolute atomic E-state index is 3.16. The van der Waals surface area contributed by atoms with E-state index in [-0.39, 0.29) is 0 Å². The van der Waals surface area contributed by atoms with E-state index < -0.39 is 0 Å². The van der Waals surface area contributed by atoms with Gasteiger partial charge in [-0.15, -0.1) is 9.24 Å². The first-order valence-corrected chi connectivity index (χ1v) is 8.59. The van der Waals surface area contributed by atoms with Gasteiger partial charge in [0.15, 0.2) is 0 Å². The zero-order valence-corrected chi connectivity index (χ0v) is 13.9. The van der Waals surface area contributed by atoms with Crippen LogP contribution in [0.1, 0.15) is 91.9 Å². The van der Waals surface area contributed by atoms with Crippen molar-refractivity contribution in [1.29, 1.82) is 0 Å². The summed E-state index contributed by atoms with van der Waals surface area (Å²) in [6.07, 6.45) is 13.9. The van der Waals surface area contributed by atoms with Gasteiger partial charge in [0, 0.05) is 0 Å². The van der Waals surface area contributed by atoms with Crippen LogP contribution in [0.25, 0.3) is 0 Å². The molecule has 0 aliphatic rings. The molecule has 0 aromatic heterocycles. The van der Waals surface area contributed by atoms with Crippen molar-refractivity contribution in [2.24, 2.45) is 5.41 Å². The van der Waals surface area contributed by atoms with Crippen LogP contribution < -0.4 is 0 Å². The van der Waals surface area contributed by atoms with Gasteiger partial charge in [-0.1, -0.05) is 66.2 Å². The van der Waals surface area contributed by atoms with E-state index >= 15 is 0 Å². The van der Waals surface area contributed by atoms with E-state index in [1.54, 1.807) is 0 Å². The summed E-state index contributed by atoms with van der Waals surface area (Å²) in [5.74, 6) is 0. The maximum Gasteiger partial charge on any atom is -0.0208 e. The van der Waals surface area contributed by atoms with Crippen LogP contribution in [0.2, 0.25) is 0 Å². The normalized spacial score (nSPS) is 13.9. The summed E-state index contributed by atoms with van der Waals surface area (Å²) in [6, 6.07) is 0. The van der Waals surface area contributed by atoms with Crippen molar-refractivity contribution in [1.82, 2.24) is 0 Å². The van der Waals surface area contributed by atoms with Crippen LogP contribution in [0.3, 0.4) is 0 Å². The third-order valence-corrected chi connectivity index (χ3v) is 5.60. The first-order valence-electron chi connectivity index (χ1n) is 7.92. The van der Waals surface area contributed by atoms with Crippen molar-refractivity contribution in [2.75, 3.05) is 0 Å². The third-order valence-electron chi connectivity index (χ3n) is 4.56. The van der Waals surface area contributed by atoms with E-state index in [1.807, 2.05) is 0 Å². The van der Waals surface area contributed by atoms with Gasteiger partial charge in [-0.3, -0.25) is 0 Å². The van der Waals surface area contributed by atoms with Gasteiger partial charge in [0.2, 0.25) is 0 Å². The van der Waals surface area contributed by atoms with Crippen LogP contribution in [0.5, 0.6) is 0 Å². The molecule has 0 radical (unpaired) electrons. The third kappa shape index (κ3) is 6.23. The Hall–Kier alpha value is 0.430. The maximum atomic E-state index is 3.16.